The van der Waals surface area contributed by atoms with E-state index in [-0.39, 0.29) is 6.10 Å². The van der Waals surface area contributed by atoms with Crippen molar-refractivity contribution in [2.24, 2.45) is 0 Å². The number of nitrogens with one attached hydrogen (secondary N) is 1. The van der Waals surface area contributed by atoms with Crippen LogP contribution in [-0.4, -0.2) is 21.1 Å². The molecule has 0 fully saturated rings. The van der Waals surface area contributed by atoms with Gasteiger partial charge in [-0.25, -0.2) is 4.98 Å². The van der Waals surface area contributed by atoms with E-state index < -0.39 is 0 Å². The fourth-order valence-electron chi connectivity index (χ4n) is 1.60. The highest BCUT2D eigenvalue weighted by Crippen LogP contribution is 2.11. The first-order chi connectivity index (χ1) is 9.15. The Bertz CT molecular complexity index is 542. The Balaban J connectivity index is 2.02. The van der Waals surface area contributed by atoms with Crippen molar-refractivity contribution in [3.05, 3.63) is 41.9 Å². The van der Waals surface area contributed by atoms with Gasteiger partial charge in [-0.15, -0.1) is 0 Å². The Morgan fingerprint density at radius 1 is 1.21 bits per heavy atom. The molecule has 1 N–H and O–H groups in total. The SMILES string of the molecule is Cc1cccnc1CNc1nccc(OC(C)C)n1. The summed E-state index contributed by atoms with van der Waals surface area (Å²) in [6, 6.07) is 5.70. The van der Waals surface area contributed by atoms with Gasteiger partial charge in [-0.05, 0) is 32.4 Å². The highest BCUT2D eigenvalue weighted by Gasteiger charge is 2.03. The summed E-state index contributed by atoms with van der Waals surface area (Å²) in [5.41, 5.74) is 2.13. The quantitative estimate of drug-likeness (QED) is 0.893. The third-order valence-corrected chi connectivity index (χ3v) is 2.52. The molecule has 0 unspecified atom stereocenters. The Kier molecular flexibility index (Phi) is 4.28. The number of pyridine rings is 1. The van der Waals surface area contributed by atoms with Crippen LogP contribution >= 0.6 is 0 Å². The second-order valence-electron chi connectivity index (χ2n) is 4.51. The number of rotatable bonds is 5. The van der Waals surface area contributed by atoms with Gasteiger partial charge in [0.05, 0.1) is 18.3 Å². The minimum absolute atomic E-state index is 0.0979. The van der Waals surface area contributed by atoms with E-state index in [1.165, 1.54) is 0 Å². The van der Waals surface area contributed by atoms with Crippen LogP contribution in [0.1, 0.15) is 25.1 Å². The zero-order valence-electron chi connectivity index (χ0n) is 11.4. The van der Waals surface area contributed by atoms with Gasteiger partial charge in [-0.3, -0.25) is 4.98 Å². The van der Waals surface area contributed by atoms with E-state index in [4.69, 9.17) is 4.74 Å². The summed E-state index contributed by atoms with van der Waals surface area (Å²) in [5, 5.41) is 3.15. The molecule has 5 nitrogen and oxygen atoms in total. The average molecular weight is 258 g/mol. The summed E-state index contributed by atoms with van der Waals surface area (Å²) < 4.78 is 5.52. The Morgan fingerprint density at radius 3 is 2.79 bits per heavy atom. The van der Waals surface area contributed by atoms with Crippen LogP contribution in [0.3, 0.4) is 0 Å². The van der Waals surface area contributed by atoms with Crippen LogP contribution in [0.25, 0.3) is 0 Å². The molecule has 2 heterocycles. The monoisotopic (exact) mass is 258 g/mol. The molecule has 0 spiro atoms. The smallest absolute Gasteiger partial charge is 0.226 e. The van der Waals surface area contributed by atoms with Gasteiger partial charge in [-0.2, -0.15) is 4.98 Å². The van der Waals surface area contributed by atoms with Crippen molar-refractivity contribution >= 4 is 5.95 Å². The second-order valence-corrected chi connectivity index (χ2v) is 4.51. The summed E-state index contributed by atoms with van der Waals surface area (Å²) in [6.45, 7) is 6.56. The van der Waals surface area contributed by atoms with Gasteiger partial charge >= 0.3 is 0 Å². The predicted octanol–water partition coefficient (Wildman–Crippen LogP) is 2.58. The lowest BCUT2D eigenvalue weighted by Gasteiger charge is -2.10. The lowest BCUT2D eigenvalue weighted by Crippen LogP contribution is -2.10. The minimum atomic E-state index is 0.0979. The van der Waals surface area contributed by atoms with E-state index in [1.54, 1.807) is 18.5 Å². The van der Waals surface area contributed by atoms with Gasteiger partial charge in [0, 0.05) is 18.5 Å². The molecule has 0 radical (unpaired) electrons. The molecule has 0 aromatic carbocycles. The molecular formula is C14H18N4O. The summed E-state index contributed by atoms with van der Waals surface area (Å²) in [5.74, 6) is 1.12. The standard InChI is InChI=1S/C14H18N4O/c1-10(2)19-13-6-8-16-14(18-13)17-9-12-11(3)5-4-7-15-12/h4-8,10H,9H2,1-3H3,(H,16,17,18). The maximum Gasteiger partial charge on any atom is 0.226 e. The summed E-state index contributed by atoms with van der Waals surface area (Å²) >= 11 is 0. The minimum Gasteiger partial charge on any atom is -0.475 e. The maximum absolute atomic E-state index is 5.52. The normalized spacial score (nSPS) is 10.5. The third kappa shape index (κ3) is 3.91. The van der Waals surface area contributed by atoms with Crippen LogP contribution in [0, 0.1) is 6.92 Å². The van der Waals surface area contributed by atoms with Crippen molar-refractivity contribution in [3.63, 3.8) is 0 Å². The van der Waals surface area contributed by atoms with Gasteiger partial charge in [0.25, 0.3) is 0 Å². The zero-order chi connectivity index (χ0) is 13.7. The Labute approximate surface area is 113 Å². The molecule has 0 atom stereocenters. The van der Waals surface area contributed by atoms with E-state index in [1.807, 2.05) is 32.9 Å². The highest BCUT2D eigenvalue weighted by molar-refractivity contribution is 5.30. The van der Waals surface area contributed by atoms with Crippen LogP contribution in [-0.2, 0) is 6.54 Å². The van der Waals surface area contributed by atoms with Gasteiger partial charge in [-0.1, -0.05) is 6.07 Å². The van der Waals surface area contributed by atoms with Gasteiger partial charge < -0.3 is 10.1 Å². The van der Waals surface area contributed by atoms with Crippen molar-refractivity contribution in [1.29, 1.82) is 0 Å². The molecule has 0 aliphatic heterocycles. The van der Waals surface area contributed by atoms with E-state index >= 15 is 0 Å². The van der Waals surface area contributed by atoms with Crippen LogP contribution < -0.4 is 10.1 Å². The van der Waals surface area contributed by atoms with Crippen LogP contribution in [0.15, 0.2) is 30.6 Å². The number of hydrogen-bond donors (Lipinski definition) is 1. The van der Waals surface area contributed by atoms with Crippen LogP contribution in [0.4, 0.5) is 5.95 Å². The Hall–Kier alpha value is -2.17. The Morgan fingerprint density at radius 2 is 2.05 bits per heavy atom. The number of aryl methyl sites for hydroxylation is 1. The second kappa shape index (κ2) is 6.13. The largest absolute Gasteiger partial charge is 0.475 e. The molecule has 2 aromatic heterocycles. The molecule has 0 amide bonds. The van der Waals surface area contributed by atoms with Crippen LogP contribution in [0.2, 0.25) is 0 Å². The fraction of sp³-hybridized carbons (Fsp3) is 0.357. The number of ether oxygens (including phenoxy) is 1. The van der Waals surface area contributed by atoms with Crippen molar-refractivity contribution in [3.8, 4) is 5.88 Å². The van der Waals surface area contributed by atoms with Gasteiger partial charge in [0.15, 0.2) is 0 Å². The fourth-order valence-corrected chi connectivity index (χ4v) is 1.60. The molecule has 19 heavy (non-hydrogen) atoms. The number of aromatic nitrogens is 3. The molecule has 2 aromatic rings. The van der Waals surface area contributed by atoms with Crippen molar-refractivity contribution in [2.45, 2.75) is 33.4 Å². The van der Waals surface area contributed by atoms with Crippen molar-refractivity contribution in [1.82, 2.24) is 15.0 Å². The first-order valence-corrected chi connectivity index (χ1v) is 6.29. The van der Waals surface area contributed by atoms with Gasteiger partial charge in [0.1, 0.15) is 0 Å². The first-order valence-electron chi connectivity index (χ1n) is 6.29. The van der Waals surface area contributed by atoms with Crippen molar-refractivity contribution < 1.29 is 4.74 Å². The van der Waals surface area contributed by atoms with E-state index in [2.05, 4.69) is 20.3 Å². The molecule has 100 valence electrons. The highest BCUT2D eigenvalue weighted by atomic mass is 16.5. The molecule has 0 aliphatic carbocycles. The van der Waals surface area contributed by atoms with E-state index in [0.29, 0.717) is 18.4 Å². The molecule has 5 heteroatoms. The molecule has 0 aliphatic rings. The van der Waals surface area contributed by atoms with Crippen molar-refractivity contribution in [2.75, 3.05) is 5.32 Å². The molecule has 0 bridgehead atoms. The first kappa shape index (κ1) is 13.3. The topological polar surface area (TPSA) is 59.9 Å². The summed E-state index contributed by atoms with van der Waals surface area (Å²) in [7, 11) is 0. The predicted molar refractivity (Wildman–Crippen MR) is 74.1 cm³/mol. The molecular weight excluding hydrogens is 240 g/mol. The average Bonchev–Trinajstić information content (AvgIpc) is 2.37. The molecule has 0 saturated carbocycles. The van der Waals surface area contributed by atoms with Gasteiger partial charge in [0.2, 0.25) is 11.8 Å². The maximum atomic E-state index is 5.52. The number of hydrogen-bond acceptors (Lipinski definition) is 5. The van der Waals surface area contributed by atoms with E-state index in [0.717, 1.165) is 11.3 Å². The zero-order valence-corrected chi connectivity index (χ0v) is 11.4. The number of anilines is 1. The van der Waals surface area contributed by atoms with E-state index in [9.17, 15) is 0 Å². The van der Waals surface area contributed by atoms with Crippen LogP contribution in [0.5, 0.6) is 5.88 Å². The summed E-state index contributed by atoms with van der Waals surface area (Å²) in [4.78, 5) is 12.8. The lowest BCUT2D eigenvalue weighted by molar-refractivity contribution is 0.232. The molecule has 0 saturated heterocycles. The third-order valence-electron chi connectivity index (χ3n) is 2.52. The molecule has 2 rings (SSSR count). The lowest BCUT2D eigenvalue weighted by atomic mass is 10.2. The summed E-state index contributed by atoms with van der Waals surface area (Å²) in [6.07, 6.45) is 3.56. The number of nitrogens with zero attached hydrogens (tertiary/aromatic N) is 3.